The molecule has 8 nitrogen and oxygen atoms in total. The normalized spacial score (nSPS) is 17.8. The average molecular weight is 337 g/mol. The molecule has 0 radical (unpaired) electrons. The molecular formula is C16H23N3O5. The summed E-state index contributed by atoms with van der Waals surface area (Å²) in [5.41, 5.74) is 5.60. The van der Waals surface area contributed by atoms with Crippen LogP contribution in [0.3, 0.4) is 0 Å². The lowest BCUT2D eigenvalue weighted by atomic mass is 10.2. The quantitative estimate of drug-likeness (QED) is 0.690. The van der Waals surface area contributed by atoms with Crippen LogP contribution in [0.15, 0.2) is 18.2 Å². The van der Waals surface area contributed by atoms with Crippen LogP contribution in [-0.2, 0) is 9.53 Å². The summed E-state index contributed by atoms with van der Waals surface area (Å²) in [5, 5.41) is 5.01. The number of nitrogens with one attached hydrogen (secondary N) is 2. The Morgan fingerprint density at radius 3 is 2.83 bits per heavy atom. The van der Waals surface area contributed by atoms with Crippen molar-refractivity contribution < 1.29 is 23.8 Å². The Kier molecular flexibility index (Phi) is 6.25. The number of nitrogens with two attached hydrogens (primary N) is 1. The second-order valence-corrected chi connectivity index (χ2v) is 5.53. The maximum atomic E-state index is 11.7. The summed E-state index contributed by atoms with van der Waals surface area (Å²) in [4.78, 5) is 22.4. The van der Waals surface area contributed by atoms with Crippen LogP contribution in [0.2, 0.25) is 0 Å². The fourth-order valence-corrected chi connectivity index (χ4v) is 2.38. The number of benzene rings is 1. The van der Waals surface area contributed by atoms with Gasteiger partial charge in [0.2, 0.25) is 5.91 Å². The van der Waals surface area contributed by atoms with Gasteiger partial charge in [-0.05, 0) is 31.9 Å². The maximum Gasteiger partial charge on any atom is 0.318 e. The van der Waals surface area contributed by atoms with Crippen molar-refractivity contribution in [2.45, 2.75) is 31.9 Å². The van der Waals surface area contributed by atoms with E-state index in [9.17, 15) is 9.59 Å². The van der Waals surface area contributed by atoms with Gasteiger partial charge in [-0.3, -0.25) is 10.1 Å². The Morgan fingerprint density at radius 2 is 2.21 bits per heavy atom. The molecule has 132 valence electrons. The van der Waals surface area contributed by atoms with Gasteiger partial charge < -0.3 is 25.3 Å². The molecule has 0 aromatic heterocycles. The minimum Gasteiger partial charge on any atom is -0.493 e. The fourth-order valence-electron chi connectivity index (χ4n) is 2.38. The highest BCUT2D eigenvalue weighted by Crippen LogP contribution is 2.31. The summed E-state index contributed by atoms with van der Waals surface area (Å²) in [6.45, 7) is 2.83. The van der Waals surface area contributed by atoms with Crippen molar-refractivity contribution in [3.05, 3.63) is 18.2 Å². The summed E-state index contributed by atoms with van der Waals surface area (Å²) in [7, 11) is 1.56. The highest BCUT2D eigenvalue weighted by atomic mass is 16.5. The molecule has 1 aromatic carbocycles. The molecule has 0 unspecified atom stereocenters. The molecule has 2 rings (SSSR count). The highest BCUT2D eigenvalue weighted by molar-refractivity contribution is 5.97. The van der Waals surface area contributed by atoms with Gasteiger partial charge >= 0.3 is 6.03 Å². The lowest BCUT2D eigenvalue weighted by Gasteiger charge is -2.17. The first-order valence-electron chi connectivity index (χ1n) is 7.79. The number of rotatable bonds is 7. The molecule has 0 bridgehead atoms. The number of ether oxygens (including phenoxy) is 3. The molecule has 8 heteroatoms. The van der Waals surface area contributed by atoms with E-state index >= 15 is 0 Å². The van der Waals surface area contributed by atoms with Gasteiger partial charge in [0.25, 0.3) is 0 Å². The minimum absolute atomic E-state index is 0.0894. The van der Waals surface area contributed by atoms with E-state index in [4.69, 9.17) is 19.9 Å². The highest BCUT2D eigenvalue weighted by Gasteiger charge is 2.18. The van der Waals surface area contributed by atoms with Crippen LogP contribution < -0.4 is 25.8 Å². The Hall–Kier alpha value is -2.48. The third kappa shape index (κ3) is 5.02. The summed E-state index contributed by atoms with van der Waals surface area (Å²) < 4.78 is 16.6. The van der Waals surface area contributed by atoms with E-state index in [1.54, 1.807) is 32.2 Å². The summed E-state index contributed by atoms with van der Waals surface area (Å²) >= 11 is 0. The number of carbonyl (C=O) groups is 2. The largest absolute Gasteiger partial charge is 0.493 e. The number of hydrogen-bond donors (Lipinski definition) is 3. The van der Waals surface area contributed by atoms with Gasteiger partial charge in [-0.15, -0.1) is 0 Å². The lowest BCUT2D eigenvalue weighted by Crippen LogP contribution is -2.43. The fraction of sp³-hybridized carbons (Fsp3) is 0.500. The Labute approximate surface area is 140 Å². The third-order valence-corrected chi connectivity index (χ3v) is 3.64. The molecule has 0 spiro atoms. The SMILES string of the molecule is COc1ccc(N[C@H](C)C(=O)NC(N)=O)cc1OC[C@H]1CCCO1. The number of imide groups is 1. The van der Waals surface area contributed by atoms with Crippen molar-refractivity contribution in [1.29, 1.82) is 0 Å². The summed E-state index contributed by atoms with van der Waals surface area (Å²) in [6, 6.07) is 3.71. The van der Waals surface area contributed by atoms with Crippen molar-refractivity contribution >= 4 is 17.6 Å². The monoisotopic (exact) mass is 337 g/mol. The molecule has 2 atom stereocenters. The second kappa shape index (κ2) is 8.39. The smallest absolute Gasteiger partial charge is 0.318 e. The predicted octanol–water partition coefficient (Wildman–Crippen LogP) is 1.25. The predicted molar refractivity (Wildman–Crippen MR) is 88.3 cm³/mol. The zero-order valence-corrected chi connectivity index (χ0v) is 13.8. The molecule has 1 aliphatic heterocycles. The van der Waals surface area contributed by atoms with E-state index in [1.807, 2.05) is 5.32 Å². The number of methoxy groups -OCH3 is 1. The molecule has 0 aliphatic carbocycles. The zero-order chi connectivity index (χ0) is 17.5. The van der Waals surface area contributed by atoms with Crippen molar-refractivity contribution in [3.8, 4) is 11.5 Å². The number of primary amides is 1. The van der Waals surface area contributed by atoms with Crippen molar-refractivity contribution in [2.24, 2.45) is 5.73 Å². The van der Waals surface area contributed by atoms with Gasteiger partial charge in [-0.2, -0.15) is 0 Å². The van der Waals surface area contributed by atoms with Gasteiger partial charge in [-0.25, -0.2) is 4.79 Å². The molecule has 4 N–H and O–H groups in total. The number of amides is 3. The van der Waals surface area contributed by atoms with Crippen molar-refractivity contribution in [1.82, 2.24) is 5.32 Å². The first-order valence-corrected chi connectivity index (χ1v) is 7.79. The van der Waals surface area contributed by atoms with Crippen LogP contribution in [0.1, 0.15) is 19.8 Å². The summed E-state index contributed by atoms with van der Waals surface area (Å²) in [5.74, 6) is 0.633. The molecule has 1 saturated heterocycles. The van der Waals surface area contributed by atoms with Crippen LogP contribution in [0.4, 0.5) is 10.5 Å². The van der Waals surface area contributed by atoms with Crippen LogP contribution >= 0.6 is 0 Å². The first kappa shape index (κ1) is 17.9. The van der Waals surface area contributed by atoms with Crippen molar-refractivity contribution in [2.75, 3.05) is 25.6 Å². The maximum absolute atomic E-state index is 11.7. The topological polar surface area (TPSA) is 112 Å². The number of anilines is 1. The van der Waals surface area contributed by atoms with E-state index in [2.05, 4.69) is 5.32 Å². The molecule has 3 amide bonds. The average Bonchev–Trinajstić information content (AvgIpc) is 3.05. The molecular weight excluding hydrogens is 314 g/mol. The van der Waals surface area contributed by atoms with E-state index in [1.165, 1.54) is 0 Å². The molecule has 1 aromatic rings. The van der Waals surface area contributed by atoms with Crippen LogP contribution in [0.5, 0.6) is 11.5 Å². The van der Waals surface area contributed by atoms with Gasteiger partial charge in [0, 0.05) is 18.4 Å². The molecule has 1 fully saturated rings. The van der Waals surface area contributed by atoms with E-state index in [-0.39, 0.29) is 6.10 Å². The van der Waals surface area contributed by atoms with Gasteiger partial charge in [0.05, 0.1) is 13.2 Å². The minimum atomic E-state index is -0.885. The lowest BCUT2D eigenvalue weighted by molar-refractivity contribution is -0.120. The number of hydrogen-bond acceptors (Lipinski definition) is 6. The van der Waals surface area contributed by atoms with E-state index < -0.39 is 18.0 Å². The van der Waals surface area contributed by atoms with Crippen molar-refractivity contribution in [3.63, 3.8) is 0 Å². The Balaban J connectivity index is 2.00. The van der Waals surface area contributed by atoms with E-state index in [0.717, 1.165) is 19.4 Å². The van der Waals surface area contributed by atoms with Crippen LogP contribution in [-0.4, -0.2) is 44.4 Å². The van der Waals surface area contributed by atoms with Gasteiger partial charge in [-0.1, -0.05) is 0 Å². The van der Waals surface area contributed by atoms with Gasteiger partial charge in [0.1, 0.15) is 12.6 Å². The Bertz CT molecular complexity index is 587. The van der Waals surface area contributed by atoms with Crippen LogP contribution in [0.25, 0.3) is 0 Å². The second-order valence-electron chi connectivity index (χ2n) is 5.53. The molecule has 1 aliphatic rings. The van der Waals surface area contributed by atoms with Gasteiger partial charge in [0.15, 0.2) is 11.5 Å². The molecule has 1 heterocycles. The first-order chi connectivity index (χ1) is 11.5. The zero-order valence-electron chi connectivity index (χ0n) is 13.8. The Morgan fingerprint density at radius 1 is 1.42 bits per heavy atom. The van der Waals surface area contributed by atoms with E-state index in [0.29, 0.717) is 23.8 Å². The molecule has 24 heavy (non-hydrogen) atoms. The standard InChI is InChI=1S/C16H23N3O5/c1-10(15(20)19-16(17)21)18-11-5-6-13(22-2)14(8-11)24-9-12-4-3-7-23-12/h5-6,8,10,12,18H,3-4,7,9H2,1-2H3,(H3,17,19,20,21)/t10-,12-/m1/s1. The third-order valence-electron chi connectivity index (χ3n) is 3.64. The summed E-state index contributed by atoms with van der Waals surface area (Å²) in [6.07, 6.45) is 2.11. The number of carbonyl (C=O) groups excluding carboxylic acids is 2. The molecule has 0 saturated carbocycles. The van der Waals surface area contributed by atoms with Crippen LogP contribution in [0, 0.1) is 0 Å². The number of urea groups is 1.